The molecule has 1 saturated heterocycles. The van der Waals surface area contributed by atoms with Crippen LogP contribution in [-0.2, 0) is 7.05 Å². The molecule has 0 aromatic carbocycles. The van der Waals surface area contributed by atoms with Crippen molar-refractivity contribution in [1.82, 2.24) is 14.7 Å². The van der Waals surface area contributed by atoms with Gasteiger partial charge in [0.15, 0.2) is 0 Å². The molecule has 2 aliphatic carbocycles. The molecule has 1 aliphatic heterocycles. The molecule has 3 atom stereocenters. The van der Waals surface area contributed by atoms with E-state index in [0.29, 0.717) is 6.04 Å². The van der Waals surface area contributed by atoms with E-state index in [2.05, 4.69) is 21.8 Å². The summed E-state index contributed by atoms with van der Waals surface area (Å²) in [5.41, 5.74) is 1.06. The van der Waals surface area contributed by atoms with Gasteiger partial charge in [0.25, 0.3) is 0 Å². The molecule has 106 valence electrons. The maximum atomic E-state index is 4.21. The number of rotatable bonds is 2. The largest absolute Gasteiger partial charge is 0.289 e. The van der Waals surface area contributed by atoms with Crippen molar-refractivity contribution in [3.63, 3.8) is 0 Å². The maximum Gasteiger partial charge on any atom is 0.0747 e. The van der Waals surface area contributed by atoms with Crippen LogP contribution in [0.1, 0.15) is 37.7 Å². The van der Waals surface area contributed by atoms with Gasteiger partial charge in [0, 0.05) is 26.3 Å². The van der Waals surface area contributed by atoms with E-state index in [0.717, 1.165) is 23.3 Å². The van der Waals surface area contributed by atoms with E-state index in [1.165, 1.54) is 45.2 Å². The molecule has 3 unspecified atom stereocenters. The van der Waals surface area contributed by atoms with Crippen molar-refractivity contribution in [2.24, 2.45) is 24.8 Å². The van der Waals surface area contributed by atoms with Crippen LogP contribution < -0.4 is 0 Å². The summed E-state index contributed by atoms with van der Waals surface area (Å²) in [4.78, 5) is 2.68. The second-order valence-electron chi connectivity index (χ2n) is 6.87. The first-order chi connectivity index (χ1) is 9.79. The van der Waals surface area contributed by atoms with Crippen LogP contribution in [0.15, 0.2) is 12.4 Å². The van der Waals surface area contributed by atoms with Gasteiger partial charge in [0.05, 0.1) is 17.8 Å². The molecule has 0 radical (unpaired) electrons. The first kappa shape index (κ1) is 12.5. The van der Waals surface area contributed by atoms with Gasteiger partial charge >= 0.3 is 0 Å². The van der Waals surface area contributed by atoms with Crippen molar-refractivity contribution in [2.45, 2.75) is 38.1 Å². The number of piperidine rings is 1. The maximum absolute atomic E-state index is 4.21. The van der Waals surface area contributed by atoms with Crippen LogP contribution in [0.2, 0.25) is 0 Å². The summed E-state index contributed by atoms with van der Waals surface area (Å²) in [6, 6.07) is 0.491. The van der Waals surface area contributed by atoms with Crippen LogP contribution in [0.25, 0.3) is 0 Å². The van der Waals surface area contributed by atoms with Gasteiger partial charge in [-0.2, -0.15) is 5.10 Å². The summed E-state index contributed by atoms with van der Waals surface area (Å²) >= 11 is 0. The van der Waals surface area contributed by atoms with E-state index >= 15 is 0 Å². The normalized spacial score (nSPS) is 30.9. The highest BCUT2D eigenvalue weighted by molar-refractivity contribution is 5.32. The predicted molar refractivity (Wildman–Crippen MR) is 79.0 cm³/mol. The molecule has 1 aromatic rings. The molecule has 1 aromatic heterocycles. The van der Waals surface area contributed by atoms with Crippen molar-refractivity contribution in [3.05, 3.63) is 18.0 Å². The van der Waals surface area contributed by atoms with Gasteiger partial charge in [-0.05, 0) is 37.0 Å². The Morgan fingerprint density at radius 1 is 1.25 bits per heavy atom. The highest BCUT2D eigenvalue weighted by Gasteiger charge is 2.47. The van der Waals surface area contributed by atoms with Crippen molar-refractivity contribution in [2.75, 3.05) is 13.1 Å². The third-order valence-corrected chi connectivity index (χ3v) is 5.32. The first-order valence-electron chi connectivity index (χ1n) is 8.04. The lowest BCUT2D eigenvalue weighted by Gasteiger charge is -2.29. The molecular weight excluding hydrogens is 246 g/mol. The lowest BCUT2D eigenvalue weighted by molar-refractivity contribution is 0.204. The van der Waals surface area contributed by atoms with Gasteiger partial charge in [-0.3, -0.25) is 9.58 Å². The lowest BCUT2D eigenvalue weighted by atomic mass is 9.96. The number of hydrogen-bond acceptors (Lipinski definition) is 2. The minimum Gasteiger partial charge on any atom is -0.289 e. The van der Waals surface area contributed by atoms with Gasteiger partial charge in [0.2, 0.25) is 0 Å². The molecule has 4 rings (SSSR count). The second-order valence-corrected chi connectivity index (χ2v) is 6.87. The molecule has 2 saturated carbocycles. The zero-order valence-electron chi connectivity index (χ0n) is 12.3. The first-order valence-corrected chi connectivity index (χ1v) is 8.04. The molecule has 0 spiro atoms. The zero-order chi connectivity index (χ0) is 13.5. The Balaban J connectivity index is 1.53. The lowest BCUT2D eigenvalue weighted by Crippen LogP contribution is -2.38. The Labute approximate surface area is 121 Å². The molecular formula is C17H23N3. The van der Waals surface area contributed by atoms with Crippen LogP contribution in [0, 0.1) is 29.6 Å². The van der Waals surface area contributed by atoms with E-state index < -0.39 is 0 Å². The minimum atomic E-state index is 0.491. The number of aromatic nitrogens is 2. The highest BCUT2D eigenvalue weighted by atomic mass is 15.2. The Kier molecular flexibility index (Phi) is 3.07. The monoisotopic (exact) mass is 269 g/mol. The average Bonchev–Trinajstić information content (AvgIpc) is 2.91. The van der Waals surface area contributed by atoms with Crippen molar-refractivity contribution in [1.29, 1.82) is 0 Å². The molecule has 0 bridgehead atoms. The van der Waals surface area contributed by atoms with Gasteiger partial charge in [0.1, 0.15) is 0 Å². The second kappa shape index (κ2) is 4.93. The summed E-state index contributed by atoms with van der Waals surface area (Å²) < 4.78 is 1.83. The minimum absolute atomic E-state index is 0.491. The summed E-state index contributed by atoms with van der Waals surface area (Å²) in [5, 5.41) is 4.21. The standard InChI is InChI=1S/C17H23N3/c1-19-10-13(9-18-19)6-7-17(14-4-2-3-5-14)20-11-15-8-16(15)12-20/h9-10,14-17H,2-5,8,11-12H2,1H3. The van der Waals surface area contributed by atoms with Crippen LogP contribution in [0.4, 0.5) is 0 Å². The molecule has 2 heterocycles. The van der Waals surface area contributed by atoms with Crippen molar-refractivity contribution >= 4 is 0 Å². The topological polar surface area (TPSA) is 21.1 Å². The van der Waals surface area contributed by atoms with Crippen LogP contribution in [0.3, 0.4) is 0 Å². The third-order valence-electron chi connectivity index (χ3n) is 5.32. The predicted octanol–water partition coefficient (Wildman–Crippen LogP) is 2.28. The number of likely N-dealkylation sites (tertiary alicyclic amines) is 1. The quantitative estimate of drug-likeness (QED) is 0.768. The zero-order valence-corrected chi connectivity index (χ0v) is 12.3. The van der Waals surface area contributed by atoms with Gasteiger partial charge < -0.3 is 0 Å². The third kappa shape index (κ3) is 2.38. The van der Waals surface area contributed by atoms with Gasteiger partial charge in [-0.1, -0.05) is 24.7 Å². The Morgan fingerprint density at radius 2 is 2.00 bits per heavy atom. The summed E-state index contributed by atoms with van der Waals surface area (Å²) in [7, 11) is 1.95. The molecule has 3 nitrogen and oxygen atoms in total. The van der Waals surface area contributed by atoms with E-state index in [9.17, 15) is 0 Å². The summed E-state index contributed by atoms with van der Waals surface area (Å²) in [6.07, 6.45) is 10.9. The van der Waals surface area contributed by atoms with Crippen LogP contribution in [0.5, 0.6) is 0 Å². The number of aryl methyl sites for hydroxylation is 1. The Morgan fingerprint density at radius 3 is 2.65 bits per heavy atom. The molecule has 3 aliphatic rings. The fourth-order valence-corrected chi connectivity index (χ4v) is 4.09. The van der Waals surface area contributed by atoms with Crippen molar-refractivity contribution in [3.8, 4) is 11.8 Å². The number of hydrogen-bond donors (Lipinski definition) is 0. The smallest absolute Gasteiger partial charge is 0.0747 e. The fourth-order valence-electron chi connectivity index (χ4n) is 4.09. The van der Waals surface area contributed by atoms with E-state index in [1.54, 1.807) is 0 Å². The molecule has 0 amide bonds. The van der Waals surface area contributed by atoms with Crippen LogP contribution in [-0.4, -0.2) is 33.8 Å². The molecule has 0 N–H and O–H groups in total. The molecule has 3 heteroatoms. The van der Waals surface area contributed by atoms with Gasteiger partial charge in [-0.25, -0.2) is 0 Å². The average molecular weight is 269 g/mol. The van der Waals surface area contributed by atoms with E-state index in [1.807, 2.05) is 24.1 Å². The molecule has 20 heavy (non-hydrogen) atoms. The highest BCUT2D eigenvalue weighted by Crippen LogP contribution is 2.46. The summed E-state index contributed by atoms with van der Waals surface area (Å²) in [6.45, 7) is 2.60. The Bertz CT molecular complexity index is 534. The van der Waals surface area contributed by atoms with Crippen molar-refractivity contribution < 1.29 is 0 Å². The van der Waals surface area contributed by atoms with E-state index in [4.69, 9.17) is 0 Å². The number of nitrogens with zero attached hydrogens (tertiary/aromatic N) is 3. The summed E-state index contributed by atoms with van der Waals surface area (Å²) in [5.74, 6) is 9.77. The fraction of sp³-hybridized carbons (Fsp3) is 0.706. The van der Waals surface area contributed by atoms with Crippen LogP contribution >= 0.6 is 0 Å². The van der Waals surface area contributed by atoms with E-state index in [-0.39, 0.29) is 0 Å². The number of fused-ring (bicyclic) bond motifs is 1. The Hall–Kier alpha value is -1.27. The SMILES string of the molecule is Cn1cc(C#CC(C2CCCC2)N2CC3CC3C2)cn1. The van der Waals surface area contributed by atoms with Gasteiger partial charge in [-0.15, -0.1) is 0 Å². The molecule has 3 fully saturated rings.